The molecule has 10 heteroatoms. The third-order valence-electron chi connectivity index (χ3n) is 4.26. The quantitative estimate of drug-likeness (QED) is 0.786. The number of halogens is 3. The number of carbonyl (C=O) groups is 2. The molecule has 0 aliphatic carbocycles. The van der Waals surface area contributed by atoms with Gasteiger partial charge in [-0.1, -0.05) is 0 Å². The van der Waals surface area contributed by atoms with E-state index in [1.807, 2.05) is 0 Å². The van der Waals surface area contributed by atoms with Crippen LogP contribution in [0.1, 0.15) is 34.1 Å². The second kappa shape index (κ2) is 7.83. The molecule has 0 atom stereocenters. The third kappa shape index (κ3) is 4.38. The summed E-state index contributed by atoms with van der Waals surface area (Å²) >= 11 is 0. The predicted molar refractivity (Wildman–Crippen MR) is 94.2 cm³/mol. The molecule has 0 spiro atoms. The highest BCUT2D eigenvalue weighted by molar-refractivity contribution is 5.98. The maximum Gasteiger partial charge on any atom is 0.416 e. The number of alkyl halides is 3. The van der Waals surface area contributed by atoms with Crippen LogP contribution < -0.4 is 10.6 Å². The number of aromatic nitrogens is 2. The lowest BCUT2D eigenvalue weighted by Crippen LogP contribution is -2.34. The summed E-state index contributed by atoms with van der Waals surface area (Å²) < 4.78 is 39.2. The Kier molecular flexibility index (Phi) is 5.48. The number of rotatable bonds is 6. The van der Waals surface area contributed by atoms with Crippen LogP contribution in [0, 0.1) is 0 Å². The topological polar surface area (TPSA) is 87.2 Å². The Balaban J connectivity index is 1.67. The molecule has 3 rings (SSSR count). The minimum Gasteiger partial charge on any atom is -0.366 e. The van der Waals surface area contributed by atoms with Crippen LogP contribution in [-0.2, 0) is 24.1 Å². The van der Waals surface area contributed by atoms with E-state index in [9.17, 15) is 22.8 Å². The number of hydrogen-bond acceptors (Lipinski definition) is 5. The Morgan fingerprint density at radius 3 is 2.79 bits per heavy atom. The number of nitrogens with one attached hydrogen (secondary N) is 2. The molecule has 2 aromatic rings. The molecule has 0 saturated heterocycles. The fourth-order valence-corrected chi connectivity index (χ4v) is 2.92. The Morgan fingerprint density at radius 2 is 2.07 bits per heavy atom. The van der Waals surface area contributed by atoms with Gasteiger partial charge in [0, 0.05) is 44.5 Å². The standard InChI is InChI=1S/C18H18F3N5O2/c1-11(27)23-6-7-26-10-15-13(17(26)28)2-3-16(25-15)24-9-12-8-22-5-4-14(12)18(19,20)21/h2-5,8H,6-7,9-10H2,1H3,(H,23,27)(H,24,25). The number of fused-ring (bicyclic) bond motifs is 1. The second-order valence-corrected chi connectivity index (χ2v) is 6.28. The van der Waals surface area contributed by atoms with E-state index in [2.05, 4.69) is 20.6 Å². The van der Waals surface area contributed by atoms with Crippen LogP contribution in [0.2, 0.25) is 0 Å². The predicted octanol–water partition coefficient (Wildman–Crippen LogP) is 2.20. The zero-order chi connectivity index (χ0) is 20.3. The van der Waals surface area contributed by atoms with Gasteiger partial charge < -0.3 is 15.5 Å². The van der Waals surface area contributed by atoms with E-state index in [0.29, 0.717) is 30.2 Å². The van der Waals surface area contributed by atoms with Crippen LogP contribution in [0.25, 0.3) is 0 Å². The molecule has 0 fully saturated rings. The van der Waals surface area contributed by atoms with E-state index in [1.165, 1.54) is 6.92 Å². The molecule has 0 unspecified atom stereocenters. The molecule has 0 bridgehead atoms. The van der Waals surface area contributed by atoms with E-state index in [1.54, 1.807) is 17.0 Å². The van der Waals surface area contributed by atoms with Gasteiger partial charge in [-0.25, -0.2) is 4.98 Å². The maximum atomic E-state index is 13.1. The van der Waals surface area contributed by atoms with Crippen molar-refractivity contribution in [2.75, 3.05) is 18.4 Å². The largest absolute Gasteiger partial charge is 0.416 e. The lowest BCUT2D eigenvalue weighted by Gasteiger charge is -2.14. The van der Waals surface area contributed by atoms with Crippen molar-refractivity contribution in [2.45, 2.75) is 26.2 Å². The molecule has 2 amide bonds. The zero-order valence-corrected chi connectivity index (χ0v) is 15.0. The number of amides is 2. The molecule has 3 heterocycles. The third-order valence-corrected chi connectivity index (χ3v) is 4.26. The average Bonchev–Trinajstić information content (AvgIpc) is 2.94. The van der Waals surface area contributed by atoms with E-state index < -0.39 is 11.7 Å². The highest BCUT2D eigenvalue weighted by atomic mass is 19.4. The molecule has 2 N–H and O–H groups in total. The van der Waals surface area contributed by atoms with Crippen LogP contribution in [0.15, 0.2) is 30.6 Å². The minimum atomic E-state index is -4.47. The Morgan fingerprint density at radius 1 is 1.29 bits per heavy atom. The monoisotopic (exact) mass is 393 g/mol. The average molecular weight is 393 g/mol. The summed E-state index contributed by atoms with van der Waals surface area (Å²) in [6.07, 6.45) is -2.20. The van der Waals surface area contributed by atoms with Crippen LogP contribution in [0.4, 0.5) is 19.0 Å². The van der Waals surface area contributed by atoms with Gasteiger partial charge in [0.25, 0.3) is 5.91 Å². The van der Waals surface area contributed by atoms with Crippen molar-refractivity contribution < 1.29 is 22.8 Å². The van der Waals surface area contributed by atoms with Gasteiger partial charge in [0.2, 0.25) is 5.91 Å². The van der Waals surface area contributed by atoms with Gasteiger partial charge in [-0.3, -0.25) is 14.6 Å². The van der Waals surface area contributed by atoms with Crippen molar-refractivity contribution in [1.82, 2.24) is 20.2 Å². The van der Waals surface area contributed by atoms with Gasteiger partial charge in [0.1, 0.15) is 5.82 Å². The van der Waals surface area contributed by atoms with Crippen LogP contribution in [0.5, 0.6) is 0 Å². The Hall–Kier alpha value is -3.17. The van der Waals surface area contributed by atoms with E-state index in [0.717, 1.165) is 18.5 Å². The van der Waals surface area contributed by atoms with Crippen molar-refractivity contribution in [3.8, 4) is 0 Å². The van der Waals surface area contributed by atoms with Gasteiger partial charge in [-0.05, 0) is 18.2 Å². The van der Waals surface area contributed by atoms with E-state index in [-0.39, 0.29) is 30.5 Å². The second-order valence-electron chi connectivity index (χ2n) is 6.28. The summed E-state index contributed by atoms with van der Waals surface area (Å²) in [6, 6.07) is 4.08. The molecule has 0 aromatic carbocycles. The molecule has 0 saturated carbocycles. The first-order valence-electron chi connectivity index (χ1n) is 8.53. The molecular formula is C18H18F3N5O2. The molecule has 1 aliphatic rings. The molecule has 148 valence electrons. The Bertz CT molecular complexity index is 901. The fourth-order valence-electron chi connectivity index (χ4n) is 2.92. The van der Waals surface area contributed by atoms with Crippen LogP contribution in [0.3, 0.4) is 0 Å². The molecule has 28 heavy (non-hydrogen) atoms. The first-order valence-corrected chi connectivity index (χ1v) is 8.53. The van der Waals surface area contributed by atoms with Crippen LogP contribution >= 0.6 is 0 Å². The van der Waals surface area contributed by atoms with Crippen LogP contribution in [-0.4, -0.2) is 39.8 Å². The molecule has 1 aliphatic heterocycles. The molecule has 0 radical (unpaired) electrons. The lowest BCUT2D eigenvalue weighted by atomic mass is 10.1. The first kappa shape index (κ1) is 19.6. The number of hydrogen-bond donors (Lipinski definition) is 2. The Labute approximate surface area is 159 Å². The van der Waals surface area contributed by atoms with Crippen molar-refractivity contribution in [1.29, 1.82) is 0 Å². The molecule has 2 aromatic heterocycles. The van der Waals surface area contributed by atoms with Gasteiger partial charge in [0.05, 0.1) is 23.4 Å². The van der Waals surface area contributed by atoms with Gasteiger partial charge in [0.15, 0.2) is 0 Å². The smallest absolute Gasteiger partial charge is 0.366 e. The normalized spacial score (nSPS) is 13.4. The van der Waals surface area contributed by atoms with Crippen molar-refractivity contribution in [3.05, 3.63) is 53.0 Å². The highest BCUT2D eigenvalue weighted by Gasteiger charge is 2.33. The summed E-state index contributed by atoms with van der Waals surface area (Å²) in [4.78, 5) is 32.9. The number of carbonyl (C=O) groups excluding carboxylic acids is 2. The minimum absolute atomic E-state index is 0.00492. The summed E-state index contributed by atoms with van der Waals surface area (Å²) in [5.74, 6) is 0.000608. The first-order chi connectivity index (χ1) is 13.3. The van der Waals surface area contributed by atoms with Gasteiger partial charge in [-0.15, -0.1) is 0 Å². The molecule has 7 nitrogen and oxygen atoms in total. The van der Waals surface area contributed by atoms with Crippen molar-refractivity contribution in [2.24, 2.45) is 0 Å². The summed E-state index contributed by atoms with van der Waals surface area (Å²) in [7, 11) is 0. The summed E-state index contributed by atoms with van der Waals surface area (Å²) in [5.41, 5.74) is 0.242. The summed E-state index contributed by atoms with van der Waals surface area (Å²) in [6.45, 7) is 2.26. The van der Waals surface area contributed by atoms with Crippen molar-refractivity contribution in [3.63, 3.8) is 0 Å². The molecular weight excluding hydrogens is 375 g/mol. The van der Waals surface area contributed by atoms with Crippen molar-refractivity contribution >= 4 is 17.6 Å². The number of anilines is 1. The zero-order valence-electron chi connectivity index (χ0n) is 15.0. The van der Waals surface area contributed by atoms with Gasteiger partial charge in [-0.2, -0.15) is 13.2 Å². The summed E-state index contributed by atoms with van der Waals surface area (Å²) in [5, 5.41) is 5.48. The number of nitrogens with zero attached hydrogens (tertiary/aromatic N) is 3. The van der Waals surface area contributed by atoms with E-state index in [4.69, 9.17) is 0 Å². The highest BCUT2D eigenvalue weighted by Crippen LogP contribution is 2.31. The lowest BCUT2D eigenvalue weighted by molar-refractivity contribution is -0.138. The number of pyridine rings is 2. The van der Waals surface area contributed by atoms with Gasteiger partial charge >= 0.3 is 6.18 Å². The maximum absolute atomic E-state index is 13.1. The van der Waals surface area contributed by atoms with E-state index >= 15 is 0 Å². The SMILES string of the molecule is CC(=O)NCCN1Cc2nc(NCc3cnccc3C(F)(F)F)ccc2C1=O. The fraction of sp³-hybridized carbons (Fsp3) is 0.333.